The molecule has 2 aliphatic rings. The summed E-state index contributed by atoms with van der Waals surface area (Å²) in [5, 5.41) is 0.722. The van der Waals surface area contributed by atoms with Crippen molar-refractivity contribution < 1.29 is 22.7 Å². The minimum Gasteiger partial charge on any atom is -0.490 e. The topological polar surface area (TPSA) is 37.7 Å². The Morgan fingerprint density at radius 1 is 1.13 bits per heavy atom. The van der Waals surface area contributed by atoms with E-state index in [4.69, 9.17) is 4.74 Å². The number of hydrogen-bond donors (Lipinski definition) is 0. The molecule has 1 aromatic carbocycles. The van der Waals surface area contributed by atoms with Gasteiger partial charge >= 0.3 is 6.18 Å². The Kier molecular flexibility index (Phi) is 5.95. The number of fused-ring (bicyclic) bond motifs is 1. The van der Waals surface area contributed by atoms with Crippen molar-refractivity contribution in [3.05, 3.63) is 30.5 Å². The van der Waals surface area contributed by atoms with Gasteiger partial charge < -0.3 is 19.1 Å². The number of halogens is 3. The molecule has 3 heterocycles. The summed E-state index contributed by atoms with van der Waals surface area (Å²) in [7, 11) is 0. The minimum atomic E-state index is -4.25. The summed E-state index contributed by atoms with van der Waals surface area (Å²) in [6.07, 6.45) is 0.129. The first-order valence-electron chi connectivity index (χ1n) is 10.6. The number of likely N-dealkylation sites (tertiary alicyclic amines) is 2. The van der Waals surface area contributed by atoms with Crippen LogP contribution in [0.5, 0.6) is 5.75 Å². The van der Waals surface area contributed by atoms with Gasteiger partial charge in [-0.3, -0.25) is 4.79 Å². The number of carbonyl (C=O) groups excluding carboxylic acids is 1. The lowest BCUT2D eigenvalue weighted by atomic mass is 10.0. The molecule has 1 unspecified atom stereocenters. The number of ether oxygens (including phenoxy) is 1. The maximum absolute atomic E-state index is 12.8. The van der Waals surface area contributed by atoms with Gasteiger partial charge in [0.1, 0.15) is 18.4 Å². The van der Waals surface area contributed by atoms with Crippen molar-refractivity contribution >= 4 is 16.8 Å². The quantitative estimate of drug-likeness (QED) is 0.732. The molecule has 1 atom stereocenters. The van der Waals surface area contributed by atoms with E-state index in [0.29, 0.717) is 17.2 Å². The van der Waals surface area contributed by atoms with Crippen LogP contribution >= 0.6 is 0 Å². The SMILES string of the molecule is CC(=O)N1CCC(CN2CCC(Oc3cccc4c3ccn4CC(F)(F)F)CC2)C1. The maximum Gasteiger partial charge on any atom is 0.406 e. The number of rotatable bonds is 5. The number of carbonyl (C=O) groups is 1. The zero-order valence-electron chi connectivity index (χ0n) is 17.2. The molecule has 0 aliphatic carbocycles. The number of piperidine rings is 1. The molecule has 2 saturated heterocycles. The smallest absolute Gasteiger partial charge is 0.406 e. The lowest BCUT2D eigenvalue weighted by Crippen LogP contribution is -2.41. The van der Waals surface area contributed by atoms with Crippen molar-refractivity contribution in [2.24, 2.45) is 5.92 Å². The Hall–Kier alpha value is -2.22. The van der Waals surface area contributed by atoms with Gasteiger partial charge in [0.2, 0.25) is 5.91 Å². The number of alkyl halides is 3. The van der Waals surface area contributed by atoms with Crippen LogP contribution in [0.15, 0.2) is 30.5 Å². The third-order valence-corrected chi connectivity index (χ3v) is 6.20. The standard InChI is InChI=1S/C22H28F3N3O2/c1-16(29)27-11-5-17(14-27)13-26-9-6-18(7-10-26)30-21-4-2-3-20-19(21)8-12-28(20)15-22(23,24)25/h2-4,8,12,17-18H,5-7,9-11,13-15H2,1H3. The molecule has 4 rings (SSSR count). The highest BCUT2D eigenvalue weighted by atomic mass is 19.4. The Morgan fingerprint density at radius 3 is 2.57 bits per heavy atom. The Balaban J connectivity index is 1.32. The van der Waals surface area contributed by atoms with Gasteiger partial charge in [-0.25, -0.2) is 0 Å². The second kappa shape index (κ2) is 8.49. The summed E-state index contributed by atoms with van der Waals surface area (Å²) in [5.74, 6) is 1.34. The average Bonchev–Trinajstić information content (AvgIpc) is 3.30. The van der Waals surface area contributed by atoms with Crippen molar-refractivity contribution in [3.63, 3.8) is 0 Å². The normalized spacial score (nSPS) is 21.5. The maximum atomic E-state index is 12.8. The summed E-state index contributed by atoms with van der Waals surface area (Å²) in [5.41, 5.74) is 0.540. The molecule has 2 fully saturated rings. The fourth-order valence-electron chi connectivity index (χ4n) is 4.65. The van der Waals surface area contributed by atoms with E-state index in [9.17, 15) is 18.0 Å². The molecule has 2 aliphatic heterocycles. The number of benzene rings is 1. The highest BCUT2D eigenvalue weighted by Gasteiger charge is 2.30. The van der Waals surface area contributed by atoms with Crippen molar-refractivity contribution in [2.75, 3.05) is 32.7 Å². The first kappa shape index (κ1) is 21.0. The van der Waals surface area contributed by atoms with E-state index in [-0.39, 0.29) is 12.0 Å². The highest BCUT2D eigenvalue weighted by Crippen LogP contribution is 2.31. The largest absolute Gasteiger partial charge is 0.490 e. The molecule has 0 radical (unpaired) electrons. The van der Waals surface area contributed by atoms with Crippen molar-refractivity contribution in [3.8, 4) is 5.75 Å². The first-order chi connectivity index (χ1) is 14.3. The molecule has 5 nitrogen and oxygen atoms in total. The van der Waals surface area contributed by atoms with E-state index in [0.717, 1.165) is 57.4 Å². The zero-order valence-corrected chi connectivity index (χ0v) is 17.2. The van der Waals surface area contributed by atoms with Gasteiger partial charge in [-0.15, -0.1) is 0 Å². The predicted octanol–water partition coefficient (Wildman–Crippen LogP) is 3.92. The van der Waals surface area contributed by atoms with E-state index in [1.165, 1.54) is 10.8 Å². The minimum absolute atomic E-state index is 0.0649. The van der Waals surface area contributed by atoms with Crippen LogP contribution in [-0.4, -0.2) is 65.3 Å². The van der Waals surface area contributed by atoms with Crippen LogP contribution in [0.4, 0.5) is 13.2 Å². The Labute approximate surface area is 174 Å². The zero-order chi connectivity index (χ0) is 21.3. The van der Waals surface area contributed by atoms with Gasteiger partial charge in [0.15, 0.2) is 0 Å². The van der Waals surface area contributed by atoms with Crippen molar-refractivity contribution in [1.29, 1.82) is 0 Å². The molecule has 0 N–H and O–H groups in total. The number of nitrogens with zero attached hydrogens (tertiary/aromatic N) is 3. The van der Waals surface area contributed by atoms with Gasteiger partial charge in [0.05, 0.1) is 5.52 Å². The van der Waals surface area contributed by atoms with Crippen LogP contribution in [-0.2, 0) is 11.3 Å². The molecule has 0 bridgehead atoms. The van der Waals surface area contributed by atoms with Crippen LogP contribution in [0.3, 0.4) is 0 Å². The third-order valence-electron chi connectivity index (χ3n) is 6.20. The van der Waals surface area contributed by atoms with Crippen LogP contribution in [0.2, 0.25) is 0 Å². The average molecular weight is 423 g/mol. The molecule has 1 amide bonds. The Bertz CT molecular complexity index is 887. The van der Waals surface area contributed by atoms with Gasteiger partial charge in [-0.05, 0) is 43.4 Å². The monoisotopic (exact) mass is 423 g/mol. The van der Waals surface area contributed by atoms with E-state index < -0.39 is 12.7 Å². The number of aromatic nitrogens is 1. The summed E-state index contributed by atoms with van der Waals surface area (Å²) >= 11 is 0. The summed E-state index contributed by atoms with van der Waals surface area (Å²) in [6.45, 7) is 5.22. The van der Waals surface area contributed by atoms with Crippen LogP contribution in [0, 0.1) is 5.92 Å². The van der Waals surface area contributed by atoms with Gasteiger partial charge in [0, 0.05) is 51.2 Å². The molecule has 30 heavy (non-hydrogen) atoms. The summed E-state index contributed by atoms with van der Waals surface area (Å²) in [4.78, 5) is 15.9. The molecule has 0 spiro atoms. The summed E-state index contributed by atoms with van der Waals surface area (Å²) < 4.78 is 45.8. The van der Waals surface area contributed by atoms with Crippen molar-refractivity contribution in [1.82, 2.24) is 14.4 Å². The second-order valence-corrected chi connectivity index (χ2v) is 8.49. The predicted molar refractivity (Wildman–Crippen MR) is 108 cm³/mol. The van der Waals surface area contributed by atoms with Gasteiger partial charge in [-0.2, -0.15) is 13.2 Å². The van der Waals surface area contributed by atoms with E-state index in [2.05, 4.69) is 4.90 Å². The molecule has 2 aromatic rings. The lowest BCUT2D eigenvalue weighted by molar-refractivity contribution is -0.139. The molecule has 8 heteroatoms. The molecular weight excluding hydrogens is 395 g/mol. The van der Waals surface area contributed by atoms with E-state index in [1.54, 1.807) is 25.1 Å². The fourth-order valence-corrected chi connectivity index (χ4v) is 4.65. The van der Waals surface area contributed by atoms with Crippen LogP contribution in [0.25, 0.3) is 10.9 Å². The Morgan fingerprint density at radius 2 is 1.90 bits per heavy atom. The first-order valence-corrected chi connectivity index (χ1v) is 10.6. The van der Waals surface area contributed by atoms with Gasteiger partial charge in [0.25, 0.3) is 0 Å². The van der Waals surface area contributed by atoms with E-state index in [1.807, 2.05) is 11.0 Å². The van der Waals surface area contributed by atoms with Gasteiger partial charge in [-0.1, -0.05) is 6.07 Å². The summed E-state index contributed by atoms with van der Waals surface area (Å²) in [6, 6.07) is 6.98. The van der Waals surface area contributed by atoms with E-state index >= 15 is 0 Å². The molecule has 0 saturated carbocycles. The lowest BCUT2D eigenvalue weighted by Gasteiger charge is -2.33. The number of hydrogen-bond acceptors (Lipinski definition) is 3. The molecular formula is C22H28F3N3O2. The third kappa shape index (κ3) is 4.91. The molecule has 1 aromatic heterocycles. The number of amides is 1. The highest BCUT2D eigenvalue weighted by molar-refractivity contribution is 5.86. The molecule has 164 valence electrons. The second-order valence-electron chi connectivity index (χ2n) is 8.49. The van der Waals surface area contributed by atoms with Crippen LogP contribution in [0.1, 0.15) is 26.2 Å². The van der Waals surface area contributed by atoms with Crippen LogP contribution < -0.4 is 4.74 Å². The fraction of sp³-hybridized carbons (Fsp3) is 0.591. The van der Waals surface area contributed by atoms with Crippen molar-refractivity contribution in [2.45, 2.75) is 45.0 Å².